The highest BCUT2D eigenvalue weighted by Crippen LogP contribution is 1.79. The van der Waals surface area contributed by atoms with Gasteiger partial charge in [-0.3, -0.25) is 0 Å². The molecular formula is C11H26N2O. The first-order valence-electron chi connectivity index (χ1n) is 5.91. The molecule has 0 fully saturated rings. The standard InChI is InChI=1S/C11H26N2O/c1-3-6-12-7-5-8-13-9-11-14-10-4-2/h12-13H,3-11H2,1-2H3. The van der Waals surface area contributed by atoms with Crippen molar-refractivity contribution >= 4 is 0 Å². The van der Waals surface area contributed by atoms with Crippen LogP contribution in [0.4, 0.5) is 0 Å². The van der Waals surface area contributed by atoms with Crippen LogP contribution in [0.5, 0.6) is 0 Å². The van der Waals surface area contributed by atoms with Crippen LogP contribution >= 0.6 is 0 Å². The van der Waals surface area contributed by atoms with Gasteiger partial charge in [0.05, 0.1) is 6.61 Å². The third-order valence-corrected chi connectivity index (χ3v) is 1.91. The molecule has 0 bridgehead atoms. The van der Waals surface area contributed by atoms with E-state index in [1.807, 2.05) is 0 Å². The Morgan fingerprint density at radius 2 is 1.50 bits per heavy atom. The zero-order valence-corrected chi connectivity index (χ0v) is 9.77. The predicted molar refractivity (Wildman–Crippen MR) is 61.8 cm³/mol. The number of nitrogens with one attached hydrogen (secondary N) is 2. The maximum atomic E-state index is 5.35. The lowest BCUT2D eigenvalue weighted by atomic mass is 10.4. The van der Waals surface area contributed by atoms with Crippen molar-refractivity contribution in [2.45, 2.75) is 33.1 Å². The van der Waals surface area contributed by atoms with E-state index in [2.05, 4.69) is 24.5 Å². The van der Waals surface area contributed by atoms with Crippen LogP contribution < -0.4 is 10.6 Å². The summed E-state index contributed by atoms with van der Waals surface area (Å²) in [5.41, 5.74) is 0. The molecule has 0 amide bonds. The van der Waals surface area contributed by atoms with Gasteiger partial charge >= 0.3 is 0 Å². The van der Waals surface area contributed by atoms with Crippen molar-refractivity contribution < 1.29 is 4.74 Å². The van der Waals surface area contributed by atoms with E-state index in [0.29, 0.717) is 0 Å². The minimum atomic E-state index is 0.843. The molecule has 0 aliphatic heterocycles. The van der Waals surface area contributed by atoms with E-state index in [1.54, 1.807) is 0 Å². The van der Waals surface area contributed by atoms with E-state index in [4.69, 9.17) is 4.74 Å². The molecule has 0 aromatic carbocycles. The first-order valence-corrected chi connectivity index (χ1v) is 5.91. The Hall–Kier alpha value is -0.120. The molecule has 0 saturated carbocycles. The van der Waals surface area contributed by atoms with E-state index >= 15 is 0 Å². The second-order valence-electron chi connectivity index (χ2n) is 3.47. The van der Waals surface area contributed by atoms with Crippen molar-refractivity contribution in [2.75, 3.05) is 39.4 Å². The van der Waals surface area contributed by atoms with Gasteiger partial charge in [-0.2, -0.15) is 0 Å². The topological polar surface area (TPSA) is 33.3 Å². The number of hydrogen-bond donors (Lipinski definition) is 2. The SMILES string of the molecule is CCCNCCCNCCOCCC. The summed E-state index contributed by atoms with van der Waals surface area (Å²) in [6.45, 7) is 10.4. The molecule has 14 heavy (non-hydrogen) atoms. The third-order valence-electron chi connectivity index (χ3n) is 1.91. The molecule has 0 atom stereocenters. The van der Waals surface area contributed by atoms with Crippen LogP contribution in [-0.4, -0.2) is 39.4 Å². The maximum absolute atomic E-state index is 5.35. The molecule has 0 unspecified atom stereocenters. The largest absolute Gasteiger partial charge is 0.380 e. The lowest BCUT2D eigenvalue weighted by molar-refractivity contribution is 0.136. The molecule has 0 spiro atoms. The summed E-state index contributed by atoms with van der Waals surface area (Å²) in [5.74, 6) is 0. The number of hydrogen-bond acceptors (Lipinski definition) is 3. The van der Waals surface area contributed by atoms with Gasteiger partial charge in [0.2, 0.25) is 0 Å². The van der Waals surface area contributed by atoms with E-state index in [0.717, 1.165) is 45.8 Å². The number of rotatable bonds is 11. The van der Waals surface area contributed by atoms with Crippen LogP contribution in [0, 0.1) is 0 Å². The van der Waals surface area contributed by atoms with Gasteiger partial charge in [0.1, 0.15) is 0 Å². The predicted octanol–water partition coefficient (Wildman–Crippen LogP) is 1.39. The molecule has 0 aromatic rings. The Morgan fingerprint density at radius 1 is 0.786 bits per heavy atom. The van der Waals surface area contributed by atoms with Crippen molar-refractivity contribution in [1.29, 1.82) is 0 Å². The second kappa shape index (κ2) is 12.9. The minimum Gasteiger partial charge on any atom is -0.380 e. The summed E-state index contributed by atoms with van der Waals surface area (Å²) >= 11 is 0. The molecule has 86 valence electrons. The molecule has 3 heteroatoms. The summed E-state index contributed by atoms with van der Waals surface area (Å²) in [6.07, 6.45) is 3.53. The average Bonchev–Trinajstić information content (AvgIpc) is 2.21. The molecule has 3 nitrogen and oxygen atoms in total. The van der Waals surface area contributed by atoms with Crippen molar-refractivity contribution in [3.8, 4) is 0 Å². The number of ether oxygens (including phenoxy) is 1. The fourth-order valence-corrected chi connectivity index (χ4v) is 1.16. The minimum absolute atomic E-state index is 0.843. The molecule has 0 aromatic heterocycles. The van der Waals surface area contributed by atoms with Gasteiger partial charge in [-0.05, 0) is 38.9 Å². The molecule has 0 heterocycles. The van der Waals surface area contributed by atoms with Crippen molar-refractivity contribution in [3.63, 3.8) is 0 Å². The van der Waals surface area contributed by atoms with Gasteiger partial charge in [0.15, 0.2) is 0 Å². The van der Waals surface area contributed by atoms with E-state index < -0.39 is 0 Å². The molecule has 0 rings (SSSR count). The zero-order chi connectivity index (χ0) is 10.5. The summed E-state index contributed by atoms with van der Waals surface area (Å²) < 4.78 is 5.35. The Balaban J connectivity index is 2.78. The quantitative estimate of drug-likeness (QED) is 0.497. The molecule has 0 aliphatic rings. The molecule has 0 saturated heterocycles. The van der Waals surface area contributed by atoms with Crippen molar-refractivity contribution in [3.05, 3.63) is 0 Å². The fraction of sp³-hybridized carbons (Fsp3) is 1.00. The van der Waals surface area contributed by atoms with Gasteiger partial charge in [-0.1, -0.05) is 13.8 Å². The van der Waals surface area contributed by atoms with Gasteiger partial charge in [0.25, 0.3) is 0 Å². The van der Waals surface area contributed by atoms with E-state index in [9.17, 15) is 0 Å². The Labute approximate surface area is 88.6 Å². The second-order valence-corrected chi connectivity index (χ2v) is 3.47. The highest BCUT2D eigenvalue weighted by Gasteiger charge is 1.88. The van der Waals surface area contributed by atoms with E-state index in [1.165, 1.54) is 12.8 Å². The van der Waals surface area contributed by atoms with Crippen LogP contribution in [0.1, 0.15) is 33.1 Å². The van der Waals surface area contributed by atoms with Crippen LogP contribution in [0.25, 0.3) is 0 Å². The van der Waals surface area contributed by atoms with Gasteiger partial charge < -0.3 is 15.4 Å². The van der Waals surface area contributed by atoms with Gasteiger partial charge in [0, 0.05) is 13.2 Å². The van der Waals surface area contributed by atoms with Crippen LogP contribution in [0.2, 0.25) is 0 Å². The first kappa shape index (κ1) is 13.9. The van der Waals surface area contributed by atoms with Gasteiger partial charge in [-0.15, -0.1) is 0 Å². The van der Waals surface area contributed by atoms with Gasteiger partial charge in [-0.25, -0.2) is 0 Å². The Morgan fingerprint density at radius 3 is 2.14 bits per heavy atom. The lowest BCUT2D eigenvalue weighted by Gasteiger charge is -2.05. The first-order chi connectivity index (χ1) is 6.91. The average molecular weight is 202 g/mol. The Bertz CT molecular complexity index is 87.3. The molecule has 0 radical (unpaired) electrons. The molecule has 2 N–H and O–H groups in total. The highest BCUT2D eigenvalue weighted by molar-refractivity contribution is 4.50. The smallest absolute Gasteiger partial charge is 0.0590 e. The fourth-order valence-electron chi connectivity index (χ4n) is 1.16. The third kappa shape index (κ3) is 11.9. The zero-order valence-electron chi connectivity index (χ0n) is 9.77. The normalized spacial score (nSPS) is 10.7. The Kier molecular flexibility index (Phi) is 12.8. The van der Waals surface area contributed by atoms with Crippen LogP contribution in [0.3, 0.4) is 0 Å². The van der Waals surface area contributed by atoms with Crippen LogP contribution in [-0.2, 0) is 4.74 Å². The van der Waals surface area contributed by atoms with Crippen molar-refractivity contribution in [2.24, 2.45) is 0 Å². The maximum Gasteiger partial charge on any atom is 0.0590 e. The summed E-state index contributed by atoms with van der Waals surface area (Å²) in [4.78, 5) is 0. The highest BCUT2D eigenvalue weighted by atomic mass is 16.5. The lowest BCUT2D eigenvalue weighted by Crippen LogP contribution is -2.25. The summed E-state index contributed by atoms with van der Waals surface area (Å²) in [7, 11) is 0. The molecule has 0 aliphatic carbocycles. The molecular weight excluding hydrogens is 176 g/mol. The monoisotopic (exact) mass is 202 g/mol. The van der Waals surface area contributed by atoms with E-state index in [-0.39, 0.29) is 0 Å². The summed E-state index contributed by atoms with van der Waals surface area (Å²) in [5, 5.41) is 6.73. The van der Waals surface area contributed by atoms with Crippen LogP contribution in [0.15, 0.2) is 0 Å². The van der Waals surface area contributed by atoms with Crippen molar-refractivity contribution in [1.82, 2.24) is 10.6 Å². The summed E-state index contributed by atoms with van der Waals surface area (Å²) in [6, 6.07) is 0.